The fraction of sp³-hybridized carbons (Fsp3) is 0.381. The maximum absolute atomic E-state index is 12.5. The summed E-state index contributed by atoms with van der Waals surface area (Å²) in [6.45, 7) is 4.26. The zero-order valence-electron chi connectivity index (χ0n) is 15.8. The van der Waals surface area contributed by atoms with Gasteiger partial charge < -0.3 is 14.6 Å². The van der Waals surface area contributed by atoms with E-state index < -0.39 is 0 Å². The molecule has 1 aliphatic heterocycles. The van der Waals surface area contributed by atoms with E-state index in [1.54, 1.807) is 12.1 Å². The van der Waals surface area contributed by atoms with Crippen LogP contribution in [0.15, 0.2) is 47.1 Å². The van der Waals surface area contributed by atoms with Crippen LogP contribution in [0.5, 0.6) is 0 Å². The van der Waals surface area contributed by atoms with Crippen LogP contribution in [0.4, 0.5) is 0 Å². The third-order valence-corrected chi connectivity index (χ3v) is 4.80. The summed E-state index contributed by atoms with van der Waals surface area (Å²) in [5.41, 5.74) is 1.83. The minimum atomic E-state index is -0.303. The van der Waals surface area contributed by atoms with Gasteiger partial charge in [0.25, 0.3) is 5.91 Å². The van der Waals surface area contributed by atoms with Gasteiger partial charge in [-0.15, -0.1) is 0 Å². The molecular formula is C21H24N4O3. The highest BCUT2D eigenvalue weighted by Gasteiger charge is 2.19. The molecule has 28 heavy (non-hydrogen) atoms. The van der Waals surface area contributed by atoms with Crippen molar-refractivity contribution in [1.82, 2.24) is 15.1 Å². The molecule has 2 amide bonds. The number of nitrogens with zero attached hydrogens (tertiary/aromatic N) is 3. The Morgan fingerprint density at radius 3 is 2.64 bits per heavy atom. The van der Waals surface area contributed by atoms with Crippen molar-refractivity contribution < 1.29 is 14.0 Å². The Morgan fingerprint density at radius 1 is 1.11 bits per heavy atom. The van der Waals surface area contributed by atoms with Crippen LogP contribution in [0.25, 0.3) is 0 Å². The van der Waals surface area contributed by atoms with Crippen molar-refractivity contribution in [3.8, 4) is 6.07 Å². The summed E-state index contributed by atoms with van der Waals surface area (Å²) in [6, 6.07) is 13.0. The van der Waals surface area contributed by atoms with E-state index in [0.29, 0.717) is 18.7 Å². The summed E-state index contributed by atoms with van der Waals surface area (Å²) in [5.74, 6) is 0.00268. The van der Waals surface area contributed by atoms with E-state index in [2.05, 4.69) is 16.3 Å². The quantitative estimate of drug-likeness (QED) is 0.828. The summed E-state index contributed by atoms with van der Waals surface area (Å²) in [4.78, 5) is 28.5. The van der Waals surface area contributed by atoms with Gasteiger partial charge in [0.1, 0.15) is 0 Å². The molecule has 1 N–H and O–H groups in total. The Morgan fingerprint density at radius 2 is 1.93 bits per heavy atom. The molecule has 0 atom stereocenters. The number of hydrogen-bond donors (Lipinski definition) is 1. The molecule has 1 aliphatic rings. The normalized spacial score (nSPS) is 14.9. The van der Waals surface area contributed by atoms with Crippen LogP contribution in [0.2, 0.25) is 0 Å². The third-order valence-electron chi connectivity index (χ3n) is 4.80. The first-order chi connectivity index (χ1) is 13.7. The second kappa shape index (κ2) is 9.72. The van der Waals surface area contributed by atoms with Crippen molar-refractivity contribution in [2.45, 2.75) is 19.4 Å². The molecule has 2 heterocycles. The molecule has 1 aromatic heterocycles. The van der Waals surface area contributed by atoms with Gasteiger partial charge in [0, 0.05) is 45.7 Å². The Bertz CT molecular complexity index is 824. The van der Waals surface area contributed by atoms with Gasteiger partial charge in [-0.3, -0.25) is 14.5 Å². The largest absolute Gasteiger partial charge is 0.459 e. The summed E-state index contributed by atoms with van der Waals surface area (Å²) in [7, 11) is 0. The van der Waals surface area contributed by atoms with Crippen LogP contribution in [-0.2, 0) is 11.3 Å². The number of furan rings is 1. The lowest BCUT2D eigenvalue weighted by Crippen LogP contribution is -2.37. The third kappa shape index (κ3) is 5.44. The van der Waals surface area contributed by atoms with Gasteiger partial charge in [0.2, 0.25) is 5.91 Å². The molecular weight excluding hydrogens is 356 g/mol. The van der Waals surface area contributed by atoms with Crippen molar-refractivity contribution in [2.24, 2.45) is 0 Å². The second-order valence-corrected chi connectivity index (χ2v) is 6.80. The molecule has 0 radical (unpaired) electrons. The number of carbonyl (C=O) groups excluding carboxylic acids is 2. The Labute approximate surface area is 164 Å². The molecule has 7 nitrogen and oxygen atoms in total. The summed E-state index contributed by atoms with van der Waals surface area (Å²) < 4.78 is 5.03. The van der Waals surface area contributed by atoms with E-state index in [0.717, 1.165) is 32.6 Å². The highest BCUT2D eigenvalue weighted by molar-refractivity contribution is 5.91. The minimum Gasteiger partial charge on any atom is -0.459 e. The number of benzene rings is 1. The minimum absolute atomic E-state index is 0.0555. The van der Waals surface area contributed by atoms with E-state index in [-0.39, 0.29) is 24.0 Å². The van der Waals surface area contributed by atoms with Gasteiger partial charge in [0.15, 0.2) is 5.76 Å². The topological polar surface area (TPSA) is 89.6 Å². The molecule has 1 fully saturated rings. The molecule has 2 aromatic rings. The molecule has 146 valence electrons. The number of amides is 2. The average Bonchev–Trinajstić information content (AvgIpc) is 3.16. The number of nitrogens with one attached hydrogen (secondary N) is 1. The van der Waals surface area contributed by atoms with Gasteiger partial charge in [-0.1, -0.05) is 12.1 Å². The second-order valence-electron chi connectivity index (χ2n) is 6.80. The molecule has 1 aromatic carbocycles. The lowest BCUT2D eigenvalue weighted by molar-refractivity contribution is -0.130. The number of carbonyl (C=O) groups is 2. The average molecular weight is 380 g/mol. The predicted octanol–water partition coefficient (Wildman–Crippen LogP) is 2.01. The Hall–Kier alpha value is -3.11. The van der Waals surface area contributed by atoms with Crippen LogP contribution < -0.4 is 5.32 Å². The molecule has 0 spiro atoms. The van der Waals surface area contributed by atoms with Crippen molar-refractivity contribution in [2.75, 3.05) is 32.7 Å². The molecule has 0 saturated carbocycles. The number of hydrogen-bond acceptors (Lipinski definition) is 5. The van der Waals surface area contributed by atoms with Crippen molar-refractivity contribution in [3.63, 3.8) is 0 Å². The van der Waals surface area contributed by atoms with Gasteiger partial charge in [-0.2, -0.15) is 5.26 Å². The number of nitriles is 1. The monoisotopic (exact) mass is 380 g/mol. The SMILES string of the molecule is N#Cc1ccc(CN2CCCN(C(=O)CCNC(=O)c3ccco3)CC2)cc1. The zero-order chi connectivity index (χ0) is 19.8. The highest BCUT2D eigenvalue weighted by atomic mass is 16.3. The fourth-order valence-electron chi connectivity index (χ4n) is 3.26. The lowest BCUT2D eigenvalue weighted by atomic mass is 10.1. The van der Waals surface area contributed by atoms with Gasteiger partial charge in [-0.05, 0) is 36.2 Å². The van der Waals surface area contributed by atoms with Crippen molar-refractivity contribution >= 4 is 11.8 Å². The first-order valence-corrected chi connectivity index (χ1v) is 9.46. The highest BCUT2D eigenvalue weighted by Crippen LogP contribution is 2.11. The molecule has 0 bridgehead atoms. The fourth-order valence-corrected chi connectivity index (χ4v) is 3.26. The van der Waals surface area contributed by atoms with Crippen LogP contribution in [0.1, 0.15) is 34.5 Å². The van der Waals surface area contributed by atoms with Gasteiger partial charge in [-0.25, -0.2) is 0 Å². The number of rotatable bonds is 6. The maximum atomic E-state index is 12.5. The van der Waals surface area contributed by atoms with Gasteiger partial charge in [0.05, 0.1) is 17.9 Å². The molecule has 1 saturated heterocycles. The standard InChI is InChI=1S/C21H24N4O3/c22-15-17-4-6-18(7-5-17)16-24-10-2-11-25(13-12-24)20(26)8-9-23-21(27)19-3-1-14-28-19/h1,3-7,14H,2,8-13,16H2,(H,23,27). The van der Waals surface area contributed by atoms with Crippen molar-refractivity contribution in [3.05, 3.63) is 59.5 Å². The van der Waals surface area contributed by atoms with E-state index >= 15 is 0 Å². The lowest BCUT2D eigenvalue weighted by Gasteiger charge is -2.22. The molecule has 7 heteroatoms. The molecule has 0 unspecified atom stereocenters. The summed E-state index contributed by atoms with van der Waals surface area (Å²) >= 11 is 0. The summed E-state index contributed by atoms with van der Waals surface area (Å²) in [6.07, 6.45) is 2.64. The maximum Gasteiger partial charge on any atom is 0.286 e. The van der Waals surface area contributed by atoms with E-state index in [1.165, 1.54) is 11.8 Å². The van der Waals surface area contributed by atoms with Crippen LogP contribution in [0, 0.1) is 11.3 Å². The Balaban J connectivity index is 1.41. The first kappa shape index (κ1) is 19.6. The summed E-state index contributed by atoms with van der Waals surface area (Å²) in [5, 5.41) is 11.6. The smallest absolute Gasteiger partial charge is 0.286 e. The van der Waals surface area contributed by atoms with E-state index in [9.17, 15) is 9.59 Å². The van der Waals surface area contributed by atoms with Crippen LogP contribution >= 0.6 is 0 Å². The Kier molecular flexibility index (Phi) is 6.82. The van der Waals surface area contributed by atoms with E-state index in [4.69, 9.17) is 9.68 Å². The van der Waals surface area contributed by atoms with Crippen molar-refractivity contribution in [1.29, 1.82) is 5.26 Å². The van der Waals surface area contributed by atoms with Crippen LogP contribution in [-0.4, -0.2) is 54.3 Å². The van der Waals surface area contributed by atoms with E-state index in [1.807, 2.05) is 29.2 Å². The predicted molar refractivity (Wildman–Crippen MR) is 103 cm³/mol. The molecule has 3 rings (SSSR count). The first-order valence-electron chi connectivity index (χ1n) is 9.46. The molecule has 0 aliphatic carbocycles. The van der Waals surface area contributed by atoms with Gasteiger partial charge >= 0.3 is 0 Å². The zero-order valence-corrected chi connectivity index (χ0v) is 15.8. The van der Waals surface area contributed by atoms with Crippen LogP contribution in [0.3, 0.4) is 0 Å².